The fraction of sp³-hybridized carbons (Fsp3) is 0.714. The van der Waals surface area contributed by atoms with Crippen molar-refractivity contribution in [3.05, 3.63) is 15.6 Å². The predicted molar refractivity (Wildman–Crippen MR) is 75.6 cm³/mol. The van der Waals surface area contributed by atoms with Crippen LogP contribution in [0.1, 0.15) is 65.8 Å². The molecule has 0 atom stereocenters. The molecule has 1 aliphatic carbocycles. The number of rotatable bonds is 3. The average Bonchev–Trinajstić information content (AvgIpc) is 2.74. The van der Waals surface area contributed by atoms with Gasteiger partial charge in [0.1, 0.15) is 4.88 Å². The molecule has 1 aromatic rings. The third-order valence-corrected chi connectivity index (χ3v) is 4.55. The van der Waals surface area contributed by atoms with Crippen molar-refractivity contribution in [2.24, 2.45) is 0 Å². The molecule has 0 aromatic carbocycles. The van der Waals surface area contributed by atoms with Crippen molar-refractivity contribution >= 4 is 17.2 Å². The number of aromatic nitrogens is 1. The number of alkyl halides is 2. The summed E-state index contributed by atoms with van der Waals surface area (Å²) in [7, 11) is 0. The van der Waals surface area contributed by atoms with Gasteiger partial charge in [0, 0.05) is 18.9 Å². The Morgan fingerprint density at radius 2 is 2.00 bits per heavy atom. The summed E-state index contributed by atoms with van der Waals surface area (Å²) in [4.78, 5) is 17.3. The summed E-state index contributed by atoms with van der Waals surface area (Å²) in [6.07, 6.45) is 0.397. The average molecular weight is 302 g/mol. The van der Waals surface area contributed by atoms with Crippen LogP contribution in [0.4, 0.5) is 8.78 Å². The number of nitrogens with zero attached hydrogens (tertiary/aromatic N) is 1. The summed E-state index contributed by atoms with van der Waals surface area (Å²) in [5.41, 5.74) is 0.797. The molecule has 20 heavy (non-hydrogen) atoms. The van der Waals surface area contributed by atoms with Gasteiger partial charge in [-0.15, -0.1) is 11.3 Å². The minimum Gasteiger partial charge on any atom is -0.349 e. The zero-order valence-corrected chi connectivity index (χ0v) is 12.8. The first-order valence-corrected chi connectivity index (χ1v) is 7.76. The molecule has 1 saturated carbocycles. The van der Waals surface area contributed by atoms with E-state index in [4.69, 9.17) is 0 Å². The van der Waals surface area contributed by atoms with Gasteiger partial charge in [-0.05, 0) is 25.7 Å². The standard InChI is InChI=1S/C14H20F2N2OS/c1-8(2)11-12(20-9(3)17-11)13(19)18-10-4-6-14(15,16)7-5-10/h8,10H,4-7H2,1-3H3,(H,18,19). The quantitative estimate of drug-likeness (QED) is 0.920. The van der Waals surface area contributed by atoms with Crippen LogP contribution < -0.4 is 5.32 Å². The Morgan fingerprint density at radius 3 is 2.55 bits per heavy atom. The molecule has 0 spiro atoms. The van der Waals surface area contributed by atoms with Crippen LogP contribution in [0.15, 0.2) is 0 Å². The van der Waals surface area contributed by atoms with Crippen molar-refractivity contribution in [2.75, 3.05) is 0 Å². The Balaban J connectivity index is 2.02. The van der Waals surface area contributed by atoms with Gasteiger partial charge >= 0.3 is 0 Å². The van der Waals surface area contributed by atoms with Crippen LogP contribution in [-0.2, 0) is 0 Å². The number of hydrogen-bond donors (Lipinski definition) is 1. The van der Waals surface area contributed by atoms with E-state index in [1.165, 1.54) is 11.3 Å². The van der Waals surface area contributed by atoms with E-state index in [1.807, 2.05) is 20.8 Å². The normalized spacial score (nSPS) is 19.3. The van der Waals surface area contributed by atoms with E-state index in [1.54, 1.807) is 0 Å². The summed E-state index contributed by atoms with van der Waals surface area (Å²) in [6.45, 7) is 5.85. The van der Waals surface area contributed by atoms with Crippen molar-refractivity contribution in [2.45, 2.75) is 64.3 Å². The van der Waals surface area contributed by atoms with Gasteiger partial charge < -0.3 is 5.32 Å². The SMILES string of the molecule is Cc1nc(C(C)C)c(C(=O)NC2CCC(F)(F)CC2)s1. The first-order valence-electron chi connectivity index (χ1n) is 6.94. The zero-order chi connectivity index (χ0) is 14.9. The van der Waals surface area contributed by atoms with Gasteiger partial charge in [0.05, 0.1) is 10.7 Å². The molecule has 2 rings (SSSR count). The van der Waals surface area contributed by atoms with E-state index >= 15 is 0 Å². The van der Waals surface area contributed by atoms with E-state index in [9.17, 15) is 13.6 Å². The van der Waals surface area contributed by atoms with Gasteiger partial charge in [-0.3, -0.25) is 4.79 Å². The van der Waals surface area contributed by atoms with Gasteiger partial charge in [-0.1, -0.05) is 13.8 Å². The van der Waals surface area contributed by atoms with Gasteiger partial charge in [-0.25, -0.2) is 13.8 Å². The summed E-state index contributed by atoms with van der Waals surface area (Å²) in [5.74, 6) is -2.56. The number of amides is 1. The highest BCUT2D eigenvalue weighted by molar-refractivity contribution is 7.13. The van der Waals surface area contributed by atoms with Gasteiger partial charge in [0.2, 0.25) is 5.92 Å². The van der Waals surface area contributed by atoms with Crippen LogP contribution in [-0.4, -0.2) is 22.9 Å². The predicted octanol–water partition coefficient (Wildman–Crippen LogP) is 3.88. The minimum atomic E-state index is -2.56. The minimum absolute atomic E-state index is 0.142. The van der Waals surface area contributed by atoms with E-state index < -0.39 is 5.92 Å². The van der Waals surface area contributed by atoms with Crippen LogP contribution in [0.5, 0.6) is 0 Å². The molecule has 1 amide bonds. The Hall–Kier alpha value is -1.04. The lowest BCUT2D eigenvalue weighted by Gasteiger charge is -2.28. The smallest absolute Gasteiger partial charge is 0.263 e. The molecule has 0 saturated heterocycles. The van der Waals surface area contributed by atoms with E-state index in [0.29, 0.717) is 17.7 Å². The molecule has 0 aliphatic heterocycles. The van der Waals surface area contributed by atoms with Crippen molar-refractivity contribution < 1.29 is 13.6 Å². The fourth-order valence-corrected chi connectivity index (χ4v) is 3.41. The van der Waals surface area contributed by atoms with Gasteiger partial charge in [-0.2, -0.15) is 0 Å². The maximum atomic E-state index is 13.1. The first-order chi connectivity index (χ1) is 9.28. The molecule has 0 radical (unpaired) electrons. The second-order valence-corrected chi connectivity index (χ2v) is 6.91. The van der Waals surface area contributed by atoms with Crippen LogP contribution in [0.25, 0.3) is 0 Å². The Bertz CT molecular complexity index is 489. The molecule has 1 heterocycles. The maximum Gasteiger partial charge on any atom is 0.263 e. The molecule has 112 valence electrons. The van der Waals surface area contributed by atoms with Crippen LogP contribution in [0.2, 0.25) is 0 Å². The molecule has 6 heteroatoms. The number of halogens is 2. The molecule has 1 fully saturated rings. The summed E-state index contributed by atoms with van der Waals surface area (Å²) >= 11 is 1.37. The number of carbonyl (C=O) groups excluding carboxylic acids is 1. The number of nitrogens with one attached hydrogen (secondary N) is 1. The second kappa shape index (κ2) is 5.76. The van der Waals surface area contributed by atoms with Gasteiger partial charge in [0.25, 0.3) is 5.91 Å². The molecule has 0 bridgehead atoms. The van der Waals surface area contributed by atoms with E-state index in [0.717, 1.165) is 10.7 Å². The number of carbonyl (C=O) groups is 1. The van der Waals surface area contributed by atoms with Crippen LogP contribution in [0, 0.1) is 6.92 Å². The molecule has 3 nitrogen and oxygen atoms in total. The molecular formula is C14H20F2N2OS. The van der Waals surface area contributed by atoms with E-state index in [2.05, 4.69) is 10.3 Å². The monoisotopic (exact) mass is 302 g/mol. The highest BCUT2D eigenvalue weighted by atomic mass is 32.1. The van der Waals surface area contributed by atoms with Crippen LogP contribution >= 0.6 is 11.3 Å². The Morgan fingerprint density at radius 1 is 1.40 bits per heavy atom. The second-order valence-electron chi connectivity index (χ2n) is 5.71. The highest BCUT2D eigenvalue weighted by Gasteiger charge is 2.35. The van der Waals surface area contributed by atoms with Crippen molar-refractivity contribution in [3.63, 3.8) is 0 Å². The maximum absolute atomic E-state index is 13.1. The first kappa shape index (κ1) is 15.4. The molecule has 1 aliphatic rings. The summed E-state index contributed by atoms with van der Waals surface area (Å²) in [5, 5.41) is 3.74. The molecule has 1 aromatic heterocycles. The molecule has 0 unspecified atom stereocenters. The molecule has 1 N–H and O–H groups in total. The highest BCUT2D eigenvalue weighted by Crippen LogP contribution is 2.33. The van der Waals surface area contributed by atoms with E-state index in [-0.39, 0.29) is 30.7 Å². The van der Waals surface area contributed by atoms with Crippen LogP contribution in [0.3, 0.4) is 0 Å². The van der Waals surface area contributed by atoms with Crippen molar-refractivity contribution in [3.8, 4) is 0 Å². The number of thiazole rings is 1. The lowest BCUT2D eigenvalue weighted by molar-refractivity contribution is -0.0399. The lowest BCUT2D eigenvalue weighted by atomic mass is 9.92. The van der Waals surface area contributed by atoms with Gasteiger partial charge in [0.15, 0.2) is 0 Å². The largest absolute Gasteiger partial charge is 0.349 e. The third kappa shape index (κ3) is 3.53. The van der Waals surface area contributed by atoms with Crippen molar-refractivity contribution in [1.82, 2.24) is 10.3 Å². The summed E-state index contributed by atoms with van der Waals surface area (Å²) < 4.78 is 26.2. The fourth-order valence-electron chi connectivity index (χ4n) is 2.43. The summed E-state index contributed by atoms with van der Waals surface area (Å²) in [6, 6.07) is -0.149. The topological polar surface area (TPSA) is 42.0 Å². The number of hydrogen-bond acceptors (Lipinski definition) is 3. The number of aryl methyl sites for hydroxylation is 1. The zero-order valence-electron chi connectivity index (χ0n) is 12.0. The van der Waals surface area contributed by atoms with Crippen molar-refractivity contribution in [1.29, 1.82) is 0 Å². The lowest BCUT2D eigenvalue weighted by Crippen LogP contribution is -2.40. The Kier molecular flexibility index (Phi) is 4.42. The Labute approximate surface area is 121 Å². The molecular weight excluding hydrogens is 282 g/mol. The third-order valence-electron chi connectivity index (χ3n) is 3.57.